The molecule has 0 aliphatic heterocycles. The summed E-state index contributed by atoms with van der Waals surface area (Å²) < 4.78 is 7.85. The van der Waals surface area contributed by atoms with Crippen molar-refractivity contribution in [1.29, 1.82) is 0 Å². The second kappa shape index (κ2) is 18.9. The first kappa shape index (κ1) is 42.7. The molecule has 0 aliphatic rings. The summed E-state index contributed by atoms with van der Waals surface area (Å²) in [5.74, 6) is 7.72. The normalized spacial score (nSPS) is 11.3. The Morgan fingerprint density at radius 2 is 1.20 bits per heavy atom. The van der Waals surface area contributed by atoms with E-state index in [0.29, 0.717) is 5.92 Å². The van der Waals surface area contributed by atoms with Crippen LogP contribution in [0.2, 0.25) is 17.3 Å². The molecule has 3 aromatic heterocycles. The maximum Gasteiger partial charge on any atom is 0 e. The number of aryl methyl sites for hydroxylation is 1. The Morgan fingerprint density at radius 3 is 1.82 bits per heavy atom. The molecular formula is C55H50GeIrN2O-2. The summed E-state index contributed by atoms with van der Waals surface area (Å²) in [5, 5.41) is 2.22. The Kier molecular flexibility index (Phi) is 13.5. The zero-order valence-electron chi connectivity index (χ0n) is 35.2. The topological polar surface area (TPSA) is 38.9 Å². The van der Waals surface area contributed by atoms with E-state index in [4.69, 9.17) is 14.4 Å². The molecule has 301 valence electrons. The molecule has 3 nitrogen and oxygen atoms in total. The van der Waals surface area contributed by atoms with Crippen LogP contribution in [0.25, 0.3) is 77.8 Å². The maximum atomic E-state index is 6.41. The van der Waals surface area contributed by atoms with Gasteiger partial charge < -0.3 is 9.40 Å². The summed E-state index contributed by atoms with van der Waals surface area (Å²) in [7, 11) is 0. The Bertz CT molecular complexity index is 2830. The fourth-order valence-corrected chi connectivity index (χ4v) is 10.1. The number of furan rings is 1. The van der Waals surface area contributed by atoms with Gasteiger partial charge in [-0.2, -0.15) is 0 Å². The van der Waals surface area contributed by atoms with Crippen molar-refractivity contribution >= 4 is 39.6 Å². The van der Waals surface area contributed by atoms with E-state index in [1.54, 1.807) is 0 Å². The Labute approximate surface area is 371 Å². The average Bonchev–Trinajstić information content (AvgIpc) is 3.66. The predicted molar refractivity (Wildman–Crippen MR) is 252 cm³/mol. The minimum Gasteiger partial charge on any atom is 0 e. The minimum atomic E-state index is -1.80. The van der Waals surface area contributed by atoms with E-state index in [1.807, 2.05) is 24.4 Å². The van der Waals surface area contributed by atoms with E-state index < -0.39 is 13.3 Å². The monoisotopic (exact) mass is 1020 g/mol. The maximum absolute atomic E-state index is 6.41. The molecule has 0 N–H and O–H groups in total. The van der Waals surface area contributed by atoms with Crippen molar-refractivity contribution in [3.05, 3.63) is 187 Å². The van der Waals surface area contributed by atoms with Crippen LogP contribution in [0.3, 0.4) is 0 Å². The summed E-state index contributed by atoms with van der Waals surface area (Å²) in [4.78, 5) is 9.40. The van der Waals surface area contributed by atoms with E-state index in [0.717, 1.165) is 62.9 Å². The third-order valence-electron chi connectivity index (χ3n) is 11.4. The molecule has 5 heteroatoms. The molecule has 0 amide bonds. The molecule has 3 heterocycles. The Morgan fingerprint density at radius 1 is 0.583 bits per heavy atom. The Hall–Kier alpha value is -5.39. The molecule has 60 heavy (non-hydrogen) atoms. The van der Waals surface area contributed by atoms with Gasteiger partial charge in [-0.1, -0.05) is 91.5 Å². The van der Waals surface area contributed by atoms with Crippen molar-refractivity contribution < 1.29 is 24.5 Å². The van der Waals surface area contributed by atoms with Gasteiger partial charge in [0.15, 0.2) is 0 Å². The molecule has 9 rings (SSSR count). The molecule has 1 radical (unpaired) electrons. The quantitative estimate of drug-likeness (QED) is 0.107. The fraction of sp³-hybridized carbons (Fsp3) is 0.164. The molecule has 0 fully saturated rings. The average molecular weight is 1020 g/mol. The second-order valence-corrected chi connectivity index (χ2v) is 27.0. The molecule has 0 aliphatic carbocycles. The Balaban J connectivity index is 0.000000197. The third kappa shape index (κ3) is 9.32. The van der Waals surface area contributed by atoms with Gasteiger partial charge >= 0.3 is 142 Å². The van der Waals surface area contributed by atoms with Crippen molar-refractivity contribution in [2.75, 3.05) is 0 Å². The predicted octanol–water partition coefficient (Wildman–Crippen LogP) is 14.8. The molecule has 0 unspecified atom stereocenters. The summed E-state index contributed by atoms with van der Waals surface area (Å²) >= 11 is -1.80. The largest absolute Gasteiger partial charge is 0 e. The summed E-state index contributed by atoms with van der Waals surface area (Å²) in [6.07, 6.45) is 6.24. The number of hydrogen-bond acceptors (Lipinski definition) is 3. The number of hydrogen-bond donors (Lipinski definition) is 0. The summed E-state index contributed by atoms with van der Waals surface area (Å²) in [6.45, 7) is 6.63. The van der Waals surface area contributed by atoms with Crippen LogP contribution in [0.5, 0.6) is 0 Å². The SMILES string of the molecule is CCC(CC)c1ccnc(-c2[c-]cc3oc4cc(-c5ccccc5)cc(-c5ccccc5)c4c3c2)c1.Cc1c[c-]c(-c2cc[c]([Ge]([CH3])([CH3])[CH3])cn2)cc1-c1ccccc1.[Ir]. The van der Waals surface area contributed by atoms with Gasteiger partial charge in [-0.25, -0.2) is 0 Å². The zero-order valence-corrected chi connectivity index (χ0v) is 39.7. The van der Waals surface area contributed by atoms with Gasteiger partial charge in [-0.3, -0.25) is 0 Å². The molecule has 0 saturated heterocycles. The van der Waals surface area contributed by atoms with E-state index in [1.165, 1.54) is 43.3 Å². The molecule has 6 aromatic carbocycles. The number of benzene rings is 6. The fourth-order valence-electron chi connectivity index (χ4n) is 7.89. The van der Waals surface area contributed by atoms with Gasteiger partial charge in [-0.05, 0) is 64.9 Å². The number of aromatic nitrogens is 2. The van der Waals surface area contributed by atoms with E-state index in [-0.39, 0.29) is 20.1 Å². The zero-order chi connectivity index (χ0) is 40.9. The van der Waals surface area contributed by atoms with E-state index >= 15 is 0 Å². The van der Waals surface area contributed by atoms with Gasteiger partial charge in [0.25, 0.3) is 0 Å². The minimum absolute atomic E-state index is 0. The molecular weight excluding hydrogens is 969 g/mol. The number of fused-ring (bicyclic) bond motifs is 3. The molecule has 0 saturated carbocycles. The van der Waals surface area contributed by atoms with Crippen LogP contribution in [0.4, 0.5) is 0 Å². The first-order valence-corrected chi connectivity index (χ1v) is 28.1. The first-order valence-electron chi connectivity index (χ1n) is 20.7. The summed E-state index contributed by atoms with van der Waals surface area (Å²) in [6, 6.07) is 60.0. The van der Waals surface area contributed by atoms with Crippen molar-refractivity contribution in [3.63, 3.8) is 0 Å². The van der Waals surface area contributed by atoms with Crippen LogP contribution in [0, 0.1) is 19.1 Å². The van der Waals surface area contributed by atoms with Crippen LogP contribution in [0.1, 0.15) is 43.7 Å². The van der Waals surface area contributed by atoms with E-state index in [9.17, 15) is 0 Å². The van der Waals surface area contributed by atoms with Crippen molar-refractivity contribution in [2.24, 2.45) is 0 Å². The van der Waals surface area contributed by atoms with Crippen LogP contribution in [0.15, 0.2) is 168 Å². The summed E-state index contributed by atoms with van der Waals surface area (Å²) in [5.41, 5.74) is 15.4. The van der Waals surface area contributed by atoms with Gasteiger partial charge in [0.05, 0.1) is 5.58 Å². The molecule has 0 spiro atoms. The van der Waals surface area contributed by atoms with Gasteiger partial charge in [0.2, 0.25) is 0 Å². The van der Waals surface area contributed by atoms with Crippen molar-refractivity contribution in [3.8, 4) is 55.9 Å². The number of rotatable bonds is 9. The van der Waals surface area contributed by atoms with Crippen LogP contribution < -0.4 is 4.40 Å². The number of pyridine rings is 2. The van der Waals surface area contributed by atoms with Crippen molar-refractivity contribution in [2.45, 2.75) is 56.8 Å². The third-order valence-corrected chi connectivity index (χ3v) is 15.6. The van der Waals surface area contributed by atoms with Gasteiger partial charge in [0.1, 0.15) is 5.58 Å². The smallest absolute Gasteiger partial charge is 0 e. The van der Waals surface area contributed by atoms with Crippen LogP contribution >= 0.6 is 0 Å². The first-order chi connectivity index (χ1) is 28.7. The standard InChI is InChI=1S/C34H28NO.C21H22GeN.Ir/c1-3-23(4-2)26-17-18-35-31(21-26)27-15-16-32-30(19-27)34-29(25-13-9-6-10-14-25)20-28(22-33(34)36-32)24-11-7-5-8-12-24;1-16-10-11-18(14-20(16)17-8-6-5-7-9-17)21-13-12-19(15-23-21)22(2,3)4;/h5-14,16-23H,3-4H2,1-2H3;5-10,12-15H,1-4H3;/q2*-1;. The van der Waals surface area contributed by atoms with Gasteiger partial charge in [0, 0.05) is 31.7 Å². The van der Waals surface area contributed by atoms with E-state index in [2.05, 4.69) is 190 Å². The van der Waals surface area contributed by atoms with Crippen LogP contribution in [-0.2, 0) is 20.1 Å². The molecule has 0 atom stereocenters. The van der Waals surface area contributed by atoms with Gasteiger partial charge in [-0.15, -0.1) is 23.8 Å². The molecule has 9 aromatic rings. The number of nitrogens with zero attached hydrogens (tertiary/aromatic N) is 2. The second-order valence-electron chi connectivity index (χ2n) is 16.3. The molecule has 0 bridgehead atoms. The van der Waals surface area contributed by atoms with Crippen molar-refractivity contribution in [1.82, 2.24) is 9.97 Å². The van der Waals surface area contributed by atoms with Crippen LogP contribution in [-0.4, -0.2) is 23.2 Å².